The second kappa shape index (κ2) is 6.31. The molecule has 0 radical (unpaired) electrons. The Bertz CT molecular complexity index is 606. The molecule has 1 aliphatic rings. The lowest BCUT2D eigenvalue weighted by Gasteiger charge is -2.16. The van der Waals surface area contributed by atoms with E-state index in [4.69, 9.17) is 4.74 Å². The highest BCUT2D eigenvalue weighted by Gasteiger charge is 2.15. The van der Waals surface area contributed by atoms with Crippen LogP contribution in [0, 0.1) is 0 Å². The molecule has 3 rings (SSSR count). The molecule has 0 saturated carbocycles. The minimum absolute atomic E-state index is 0.399. The number of benzene rings is 1. The first-order valence-electron chi connectivity index (χ1n) is 7.74. The number of hydrogen-bond donors (Lipinski definition) is 2. The van der Waals surface area contributed by atoms with Gasteiger partial charge in [0.2, 0.25) is 5.88 Å². The number of fused-ring (bicyclic) bond motifs is 1. The normalized spacial score (nSPS) is 18.3. The predicted molar refractivity (Wildman–Crippen MR) is 87.0 cm³/mol. The molecule has 1 aromatic carbocycles. The molecule has 0 bridgehead atoms. The van der Waals surface area contributed by atoms with Crippen LogP contribution in [0.4, 0.5) is 5.69 Å². The maximum absolute atomic E-state index is 5.96. The molecule has 0 aliphatic carbocycles. The first-order chi connectivity index (χ1) is 10.2. The molecular formula is C17H23N3O. The van der Waals surface area contributed by atoms with Crippen LogP contribution in [0.3, 0.4) is 0 Å². The van der Waals surface area contributed by atoms with Crippen LogP contribution in [0.5, 0.6) is 5.88 Å². The van der Waals surface area contributed by atoms with Gasteiger partial charge in [-0.25, -0.2) is 4.98 Å². The van der Waals surface area contributed by atoms with E-state index in [9.17, 15) is 0 Å². The van der Waals surface area contributed by atoms with Crippen molar-refractivity contribution in [2.45, 2.75) is 38.8 Å². The van der Waals surface area contributed by atoms with Crippen molar-refractivity contribution in [3.8, 4) is 5.88 Å². The largest absolute Gasteiger partial charge is 0.476 e. The van der Waals surface area contributed by atoms with Gasteiger partial charge in [-0.1, -0.05) is 6.07 Å². The smallest absolute Gasteiger partial charge is 0.221 e. The van der Waals surface area contributed by atoms with Crippen molar-refractivity contribution >= 4 is 16.5 Å². The molecule has 1 atom stereocenters. The number of hydrogen-bond acceptors (Lipinski definition) is 4. The fraction of sp³-hybridized carbons (Fsp3) is 0.471. The summed E-state index contributed by atoms with van der Waals surface area (Å²) in [5.74, 6) is 0.730. The fourth-order valence-electron chi connectivity index (χ4n) is 2.81. The average molecular weight is 285 g/mol. The van der Waals surface area contributed by atoms with Crippen LogP contribution in [0.15, 0.2) is 30.5 Å². The Morgan fingerprint density at radius 2 is 2.24 bits per heavy atom. The second-order valence-corrected chi connectivity index (χ2v) is 5.92. The van der Waals surface area contributed by atoms with Crippen molar-refractivity contribution in [2.24, 2.45) is 0 Å². The van der Waals surface area contributed by atoms with Gasteiger partial charge >= 0.3 is 0 Å². The van der Waals surface area contributed by atoms with E-state index in [1.807, 2.05) is 12.3 Å². The topological polar surface area (TPSA) is 46.2 Å². The van der Waals surface area contributed by atoms with Crippen molar-refractivity contribution in [1.29, 1.82) is 0 Å². The summed E-state index contributed by atoms with van der Waals surface area (Å²) in [4.78, 5) is 4.41. The molecule has 4 nitrogen and oxygen atoms in total. The van der Waals surface area contributed by atoms with E-state index in [1.165, 1.54) is 12.8 Å². The monoisotopic (exact) mass is 285 g/mol. The minimum Gasteiger partial charge on any atom is -0.476 e. The van der Waals surface area contributed by atoms with Crippen LogP contribution in [0.2, 0.25) is 0 Å². The van der Waals surface area contributed by atoms with Crippen LogP contribution in [0.25, 0.3) is 10.8 Å². The van der Waals surface area contributed by atoms with E-state index in [0.29, 0.717) is 18.7 Å². The first kappa shape index (κ1) is 14.1. The summed E-state index contributed by atoms with van der Waals surface area (Å²) in [7, 11) is 0. The van der Waals surface area contributed by atoms with Crippen LogP contribution < -0.4 is 15.4 Å². The van der Waals surface area contributed by atoms with Gasteiger partial charge in [0.1, 0.15) is 6.61 Å². The molecular weight excluding hydrogens is 262 g/mol. The molecule has 1 saturated heterocycles. The molecule has 4 heteroatoms. The molecule has 1 aliphatic heterocycles. The zero-order valence-corrected chi connectivity index (χ0v) is 12.7. The summed E-state index contributed by atoms with van der Waals surface area (Å²) in [6.45, 7) is 6.07. The average Bonchev–Trinajstić information content (AvgIpc) is 2.98. The number of pyridine rings is 1. The van der Waals surface area contributed by atoms with Crippen molar-refractivity contribution in [1.82, 2.24) is 10.3 Å². The Hall–Kier alpha value is -1.81. The minimum atomic E-state index is 0.399. The van der Waals surface area contributed by atoms with Crippen molar-refractivity contribution < 1.29 is 4.74 Å². The predicted octanol–water partition coefficient (Wildman–Crippen LogP) is 3.19. The standard InChI is InChI=1S/C17H23N3O/c1-12(2)20-16-7-3-6-15-14(16)8-10-19-17(15)21-11-13-5-4-9-18-13/h3,6-8,10,12-13,18,20H,4-5,9,11H2,1-2H3. The van der Waals surface area contributed by atoms with Gasteiger partial charge in [-0.15, -0.1) is 0 Å². The summed E-state index contributed by atoms with van der Waals surface area (Å²) in [6.07, 6.45) is 4.25. The van der Waals surface area contributed by atoms with Gasteiger partial charge in [0.25, 0.3) is 0 Å². The second-order valence-electron chi connectivity index (χ2n) is 5.92. The molecule has 0 amide bonds. The fourth-order valence-corrected chi connectivity index (χ4v) is 2.81. The highest BCUT2D eigenvalue weighted by molar-refractivity contribution is 5.96. The Morgan fingerprint density at radius 3 is 3.00 bits per heavy atom. The quantitative estimate of drug-likeness (QED) is 0.885. The SMILES string of the molecule is CC(C)Nc1cccc2c(OCC3CCCN3)nccc12. The molecule has 2 N–H and O–H groups in total. The van der Waals surface area contributed by atoms with Crippen LogP contribution >= 0.6 is 0 Å². The third-order valence-corrected chi connectivity index (χ3v) is 3.80. The summed E-state index contributed by atoms with van der Waals surface area (Å²) >= 11 is 0. The van der Waals surface area contributed by atoms with Crippen molar-refractivity contribution in [3.05, 3.63) is 30.5 Å². The van der Waals surface area contributed by atoms with E-state index in [1.54, 1.807) is 0 Å². The highest BCUT2D eigenvalue weighted by atomic mass is 16.5. The lowest BCUT2D eigenvalue weighted by molar-refractivity contribution is 0.271. The van der Waals surface area contributed by atoms with Crippen LogP contribution in [0.1, 0.15) is 26.7 Å². The Labute approximate surface area is 125 Å². The van der Waals surface area contributed by atoms with Crippen molar-refractivity contribution in [3.63, 3.8) is 0 Å². The van der Waals surface area contributed by atoms with E-state index in [0.717, 1.165) is 28.9 Å². The third kappa shape index (κ3) is 3.27. The van der Waals surface area contributed by atoms with E-state index in [-0.39, 0.29) is 0 Å². The van der Waals surface area contributed by atoms with Gasteiger partial charge in [-0.2, -0.15) is 0 Å². The van der Waals surface area contributed by atoms with Crippen LogP contribution in [-0.2, 0) is 0 Å². The van der Waals surface area contributed by atoms with E-state index >= 15 is 0 Å². The number of aromatic nitrogens is 1. The summed E-state index contributed by atoms with van der Waals surface area (Å²) in [5, 5.41) is 9.16. The van der Waals surface area contributed by atoms with Gasteiger partial charge < -0.3 is 15.4 Å². The van der Waals surface area contributed by atoms with Crippen LogP contribution in [-0.4, -0.2) is 30.2 Å². The first-order valence-corrected chi connectivity index (χ1v) is 7.74. The Kier molecular flexibility index (Phi) is 4.25. The maximum Gasteiger partial charge on any atom is 0.221 e. The Balaban J connectivity index is 1.85. The molecule has 0 spiro atoms. The van der Waals surface area contributed by atoms with Crippen molar-refractivity contribution in [2.75, 3.05) is 18.5 Å². The Morgan fingerprint density at radius 1 is 1.33 bits per heavy atom. The van der Waals surface area contributed by atoms with Gasteiger partial charge in [-0.05, 0) is 51.4 Å². The molecule has 21 heavy (non-hydrogen) atoms. The summed E-state index contributed by atoms with van der Waals surface area (Å²) < 4.78 is 5.96. The number of nitrogens with zero attached hydrogens (tertiary/aromatic N) is 1. The zero-order valence-electron chi connectivity index (χ0n) is 12.7. The maximum atomic E-state index is 5.96. The molecule has 1 fully saturated rings. The van der Waals surface area contributed by atoms with Gasteiger partial charge in [0.15, 0.2) is 0 Å². The van der Waals surface area contributed by atoms with Gasteiger partial charge in [-0.3, -0.25) is 0 Å². The molecule has 2 heterocycles. The molecule has 1 aromatic heterocycles. The number of anilines is 1. The van der Waals surface area contributed by atoms with E-state index in [2.05, 4.69) is 47.7 Å². The number of rotatable bonds is 5. The van der Waals surface area contributed by atoms with Gasteiger partial charge in [0.05, 0.1) is 0 Å². The van der Waals surface area contributed by atoms with E-state index < -0.39 is 0 Å². The zero-order chi connectivity index (χ0) is 14.7. The number of ether oxygens (including phenoxy) is 1. The lowest BCUT2D eigenvalue weighted by atomic mass is 10.1. The molecule has 1 unspecified atom stereocenters. The molecule has 112 valence electrons. The summed E-state index contributed by atoms with van der Waals surface area (Å²) in [6, 6.07) is 9.13. The molecule has 2 aromatic rings. The highest BCUT2D eigenvalue weighted by Crippen LogP contribution is 2.29. The summed E-state index contributed by atoms with van der Waals surface area (Å²) in [5.41, 5.74) is 1.13. The lowest BCUT2D eigenvalue weighted by Crippen LogP contribution is -2.28. The third-order valence-electron chi connectivity index (χ3n) is 3.80. The number of nitrogens with one attached hydrogen (secondary N) is 2. The van der Waals surface area contributed by atoms with Gasteiger partial charge in [0, 0.05) is 34.7 Å².